The summed E-state index contributed by atoms with van der Waals surface area (Å²) in [5.41, 5.74) is 0.975. The molecular weight excluding hydrogens is 290 g/mol. The van der Waals surface area contributed by atoms with Crippen LogP contribution in [-0.2, 0) is 18.4 Å². The van der Waals surface area contributed by atoms with Crippen LogP contribution < -0.4 is 4.74 Å². The zero-order chi connectivity index (χ0) is 15.4. The Bertz CT molecular complexity index is 627. The molecule has 0 spiro atoms. The lowest BCUT2D eigenvalue weighted by Gasteiger charge is -2.21. The second-order valence-electron chi connectivity index (χ2n) is 4.93. The minimum absolute atomic E-state index is 0.0983. The number of likely N-dealkylation sites (N-methyl/N-ethyl adjacent to an activating group) is 1. The fraction of sp³-hybridized carbons (Fsp3) is 0.333. The first kappa shape index (κ1) is 15.4. The van der Waals surface area contributed by atoms with E-state index in [1.54, 1.807) is 54.0 Å². The lowest BCUT2D eigenvalue weighted by atomic mass is 10.3. The molecule has 1 unspecified atom stereocenters. The maximum Gasteiger partial charge on any atom is 0.263 e. The molecule has 1 heterocycles. The van der Waals surface area contributed by atoms with Crippen molar-refractivity contribution in [2.24, 2.45) is 7.05 Å². The molecule has 21 heavy (non-hydrogen) atoms. The highest BCUT2D eigenvalue weighted by atomic mass is 35.5. The predicted molar refractivity (Wildman–Crippen MR) is 81.2 cm³/mol. The Morgan fingerprint density at radius 2 is 2.29 bits per heavy atom. The summed E-state index contributed by atoms with van der Waals surface area (Å²) in [4.78, 5) is 13.9. The van der Waals surface area contributed by atoms with Crippen LogP contribution in [0, 0.1) is 0 Å². The van der Waals surface area contributed by atoms with Gasteiger partial charge in [0.1, 0.15) is 5.75 Å². The minimum Gasteiger partial charge on any atom is -0.481 e. The van der Waals surface area contributed by atoms with Gasteiger partial charge in [-0.3, -0.25) is 9.48 Å². The number of amides is 1. The first-order valence-corrected chi connectivity index (χ1v) is 6.98. The summed E-state index contributed by atoms with van der Waals surface area (Å²) < 4.78 is 7.33. The van der Waals surface area contributed by atoms with Gasteiger partial charge in [-0.2, -0.15) is 5.10 Å². The smallest absolute Gasteiger partial charge is 0.263 e. The molecule has 0 saturated heterocycles. The molecule has 1 amide bonds. The molecule has 0 aliphatic rings. The average Bonchev–Trinajstić information content (AvgIpc) is 2.83. The molecule has 0 radical (unpaired) electrons. The van der Waals surface area contributed by atoms with Crippen molar-refractivity contribution in [3.63, 3.8) is 0 Å². The van der Waals surface area contributed by atoms with Crippen LogP contribution in [0.5, 0.6) is 5.75 Å². The predicted octanol–water partition coefficient (Wildman–Crippen LogP) is 2.50. The van der Waals surface area contributed by atoms with Crippen molar-refractivity contribution < 1.29 is 9.53 Å². The lowest BCUT2D eigenvalue weighted by Crippen LogP contribution is -2.37. The van der Waals surface area contributed by atoms with E-state index in [4.69, 9.17) is 16.3 Å². The van der Waals surface area contributed by atoms with Crippen molar-refractivity contribution in [3.05, 3.63) is 47.2 Å². The molecule has 1 aromatic carbocycles. The Balaban J connectivity index is 1.95. The molecule has 0 fully saturated rings. The lowest BCUT2D eigenvalue weighted by molar-refractivity contribution is -0.137. The largest absolute Gasteiger partial charge is 0.481 e. The molecule has 1 aromatic heterocycles. The third kappa shape index (κ3) is 4.23. The van der Waals surface area contributed by atoms with Gasteiger partial charge in [0.05, 0.1) is 6.20 Å². The van der Waals surface area contributed by atoms with Gasteiger partial charge in [0.25, 0.3) is 5.91 Å². The zero-order valence-electron chi connectivity index (χ0n) is 12.3. The molecule has 0 N–H and O–H groups in total. The number of hydrogen-bond donors (Lipinski definition) is 0. The van der Waals surface area contributed by atoms with Crippen LogP contribution in [0.15, 0.2) is 36.7 Å². The van der Waals surface area contributed by atoms with E-state index in [1.807, 2.05) is 13.2 Å². The number of ether oxygens (including phenoxy) is 1. The van der Waals surface area contributed by atoms with E-state index < -0.39 is 6.10 Å². The monoisotopic (exact) mass is 307 g/mol. The molecule has 5 nitrogen and oxygen atoms in total. The number of aryl methyl sites for hydroxylation is 1. The number of carbonyl (C=O) groups excluding carboxylic acids is 1. The first-order chi connectivity index (χ1) is 9.95. The van der Waals surface area contributed by atoms with Crippen LogP contribution in [0.1, 0.15) is 12.5 Å². The molecule has 6 heteroatoms. The van der Waals surface area contributed by atoms with Crippen LogP contribution in [0.2, 0.25) is 5.02 Å². The van der Waals surface area contributed by atoms with E-state index in [0.29, 0.717) is 17.3 Å². The van der Waals surface area contributed by atoms with E-state index in [2.05, 4.69) is 5.10 Å². The highest BCUT2D eigenvalue weighted by Gasteiger charge is 2.19. The van der Waals surface area contributed by atoms with Gasteiger partial charge in [-0.25, -0.2) is 0 Å². The van der Waals surface area contributed by atoms with Crippen molar-refractivity contribution in [3.8, 4) is 5.75 Å². The second kappa shape index (κ2) is 6.63. The van der Waals surface area contributed by atoms with Crippen LogP contribution >= 0.6 is 11.6 Å². The van der Waals surface area contributed by atoms with Crippen LogP contribution in [-0.4, -0.2) is 33.7 Å². The Morgan fingerprint density at radius 1 is 1.52 bits per heavy atom. The minimum atomic E-state index is -0.579. The van der Waals surface area contributed by atoms with Crippen LogP contribution in [0.25, 0.3) is 0 Å². The van der Waals surface area contributed by atoms with Gasteiger partial charge < -0.3 is 9.64 Å². The average molecular weight is 308 g/mol. The normalized spacial score (nSPS) is 12.0. The maximum atomic E-state index is 12.3. The van der Waals surface area contributed by atoms with E-state index in [-0.39, 0.29) is 5.91 Å². The SMILES string of the molecule is CC(Oc1cccc(Cl)c1)C(=O)N(C)Cc1cnn(C)c1. The number of nitrogens with zero attached hydrogens (tertiary/aromatic N) is 3. The third-order valence-corrected chi connectivity index (χ3v) is 3.25. The number of hydrogen-bond acceptors (Lipinski definition) is 3. The summed E-state index contributed by atoms with van der Waals surface area (Å²) in [6.45, 7) is 2.22. The van der Waals surface area contributed by atoms with E-state index in [9.17, 15) is 4.79 Å². The number of aromatic nitrogens is 2. The zero-order valence-corrected chi connectivity index (χ0v) is 13.0. The number of benzene rings is 1. The number of rotatable bonds is 5. The summed E-state index contributed by atoms with van der Waals surface area (Å²) in [7, 11) is 3.59. The number of carbonyl (C=O) groups is 1. The Labute approximate surface area is 129 Å². The van der Waals surface area contributed by atoms with E-state index in [0.717, 1.165) is 5.56 Å². The maximum absolute atomic E-state index is 12.3. The molecule has 0 aliphatic heterocycles. The fourth-order valence-electron chi connectivity index (χ4n) is 2.01. The van der Waals surface area contributed by atoms with Crippen molar-refractivity contribution in [2.75, 3.05) is 7.05 Å². The Hall–Kier alpha value is -2.01. The number of halogens is 1. The van der Waals surface area contributed by atoms with Gasteiger partial charge in [0.15, 0.2) is 6.10 Å². The summed E-state index contributed by atoms with van der Waals surface area (Å²) in [6, 6.07) is 7.01. The quantitative estimate of drug-likeness (QED) is 0.852. The highest BCUT2D eigenvalue weighted by molar-refractivity contribution is 6.30. The third-order valence-electron chi connectivity index (χ3n) is 3.01. The molecule has 0 bridgehead atoms. The van der Waals surface area contributed by atoms with Gasteiger partial charge in [0.2, 0.25) is 0 Å². The molecule has 2 aromatic rings. The van der Waals surface area contributed by atoms with Gasteiger partial charge in [0, 0.05) is 37.4 Å². The second-order valence-corrected chi connectivity index (χ2v) is 5.37. The van der Waals surface area contributed by atoms with E-state index >= 15 is 0 Å². The molecule has 112 valence electrons. The van der Waals surface area contributed by atoms with E-state index in [1.165, 1.54) is 0 Å². The summed E-state index contributed by atoms with van der Waals surface area (Å²) >= 11 is 5.90. The molecule has 1 atom stereocenters. The van der Waals surface area contributed by atoms with Crippen molar-refractivity contribution in [1.82, 2.24) is 14.7 Å². The molecular formula is C15H18ClN3O2. The Kier molecular flexibility index (Phi) is 4.85. The first-order valence-electron chi connectivity index (χ1n) is 6.60. The van der Waals surface area contributed by atoms with Crippen molar-refractivity contribution in [2.45, 2.75) is 19.6 Å². The van der Waals surface area contributed by atoms with Crippen LogP contribution in [0.3, 0.4) is 0 Å². The summed E-state index contributed by atoms with van der Waals surface area (Å²) in [5, 5.41) is 4.66. The molecule has 0 saturated carbocycles. The van der Waals surface area contributed by atoms with Crippen LogP contribution in [0.4, 0.5) is 0 Å². The van der Waals surface area contributed by atoms with Gasteiger partial charge in [-0.1, -0.05) is 17.7 Å². The highest BCUT2D eigenvalue weighted by Crippen LogP contribution is 2.19. The van der Waals surface area contributed by atoms with Gasteiger partial charge in [-0.05, 0) is 25.1 Å². The fourth-order valence-corrected chi connectivity index (χ4v) is 2.19. The standard InChI is InChI=1S/C15H18ClN3O2/c1-11(21-14-6-4-5-13(16)7-14)15(20)18(2)9-12-8-17-19(3)10-12/h4-8,10-11H,9H2,1-3H3. The summed E-state index contributed by atoms with van der Waals surface area (Å²) in [5.74, 6) is 0.483. The Morgan fingerprint density at radius 3 is 2.90 bits per heavy atom. The van der Waals surface area contributed by atoms with Gasteiger partial charge in [-0.15, -0.1) is 0 Å². The topological polar surface area (TPSA) is 47.4 Å². The van der Waals surface area contributed by atoms with Crippen molar-refractivity contribution in [1.29, 1.82) is 0 Å². The summed E-state index contributed by atoms with van der Waals surface area (Å²) in [6.07, 6.45) is 3.04. The van der Waals surface area contributed by atoms with Crippen molar-refractivity contribution >= 4 is 17.5 Å². The van der Waals surface area contributed by atoms with Gasteiger partial charge >= 0.3 is 0 Å². The molecule has 0 aliphatic carbocycles. The molecule has 2 rings (SSSR count).